The van der Waals surface area contributed by atoms with Crippen molar-refractivity contribution in [2.45, 2.75) is 20.0 Å². The predicted molar refractivity (Wildman–Crippen MR) is 73.7 cm³/mol. The molecule has 5 heteroatoms. The zero-order valence-corrected chi connectivity index (χ0v) is 11.2. The maximum Gasteiger partial charge on any atom is 0.251 e. The lowest BCUT2D eigenvalue weighted by Gasteiger charge is -2.05. The van der Waals surface area contributed by atoms with Gasteiger partial charge in [-0.05, 0) is 24.6 Å². The minimum atomic E-state index is -0.0626. The van der Waals surface area contributed by atoms with Gasteiger partial charge in [0.25, 0.3) is 5.91 Å². The molecule has 5 nitrogen and oxygen atoms in total. The third-order valence-electron chi connectivity index (χ3n) is 2.84. The van der Waals surface area contributed by atoms with E-state index in [0.29, 0.717) is 5.56 Å². The zero-order valence-electron chi connectivity index (χ0n) is 11.2. The van der Waals surface area contributed by atoms with E-state index in [2.05, 4.69) is 20.6 Å². The molecule has 100 valence electrons. The van der Waals surface area contributed by atoms with Gasteiger partial charge in [-0.3, -0.25) is 4.79 Å². The molecule has 0 aliphatic carbocycles. The van der Waals surface area contributed by atoms with E-state index in [-0.39, 0.29) is 5.91 Å². The Hall–Kier alpha value is -2.14. The van der Waals surface area contributed by atoms with Crippen molar-refractivity contribution in [3.63, 3.8) is 0 Å². The fourth-order valence-electron chi connectivity index (χ4n) is 1.82. The summed E-state index contributed by atoms with van der Waals surface area (Å²) in [7, 11) is 1.63. The van der Waals surface area contributed by atoms with Crippen LogP contribution in [0.2, 0.25) is 0 Å². The summed E-state index contributed by atoms with van der Waals surface area (Å²) in [5, 5.41) is 5.92. The Morgan fingerprint density at radius 2 is 2.00 bits per heavy atom. The standard InChI is InChI=1S/C14H18N4O/c1-10-17-9-13(18-10)8-16-7-11-3-5-12(6-4-11)14(19)15-2/h3-6,9,16H,7-8H2,1-2H3,(H,15,19)(H,17,18). The molecule has 1 amide bonds. The molecular formula is C14H18N4O. The Bertz CT molecular complexity index is 545. The molecule has 3 N–H and O–H groups in total. The molecule has 0 radical (unpaired) electrons. The number of amides is 1. The fraction of sp³-hybridized carbons (Fsp3) is 0.286. The van der Waals surface area contributed by atoms with Crippen LogP contribution in [0.4, 0.5) is 0 Å². The van der Waals surface area contributed by atoms with Gasteiger partial charge in [-0.25, -0.2) is 4.98 Å². The summed E-state index contributed by atoms with van der Waals surface area (Å²) in [5.41, 5.74) is 2.89. The summed E-state index contributed by atoms with van der Waals surface area (Å²) < 4.78 is 0. The number of aryl methyl sites for hydroxylation is 1. The van der Waals surface area contributed by atoms with Crippen molar-refractivity contribution in [3.8, 4) is 0 Å². The average Bonchev–Trinajstić information content (AvgIpc) is 2.84. The van der Waals surface area contributed by atoms with Gasteiger partial charge < -0.3 is 15.6 Å². The van der Waals surface area contributed by atoms with Crippen LogP contribution in [0.25, 0.3) is 0 Å². The zero-order chi connectivity index (χ0) is 13.7. The largest absolute Gasteiger partial charge is 0.355 e. The van der Waals surface area contributed by atoms with Gasteiger partial charge in [0.05, 0.1) is 0 Å². The maximum atomic E-state index is 11.4. The molecule has 1 aromatic heterocycles. The van der Waals surface area contributed by atoms with Crippen molar-refractivity contribution in [1.29, 1.82) is 0 Å². The summed E-state index contributed by atoms with van der Waals surface area (Å²) in [6, 6.07) is 7.57. The molecule has 2 aromatic rings. The van der Waals surface area contributed by atoms with Crippen molar-refractivity contribution in [2.24, 2.45) is 0 Å². The normalized spacial score (nSPS) is 10.4. The van der Waals surface area contributed by atoms with E-state index in [0.717, 1.165) is 30.2 Å². The molecule has 0 spiro atoms. The summed E-state index contributed by atoms with van der Waals surface area (Å²) in [6.07, 6.45) is 1.83. The highest BCUT2D eigenvalue weighted by Gasteiger charge is 2.02. The summed E-state index contributed by atoms with van der Waals surface area (Å²) in [5.74, 6) is 0.860. The number of imidazole rings is 1. The van der Waals surface area contributed by atoms with E-state index in [4.69, 9.17) is 0 Å². The van der Waals surface area contributed by atoms with Gasteiger partial charge in [-0.1, -0.05) is 12.1 Å². The van der Waals surface area contributed by atoms with Crippen LogP contribution in [0.5, 0.6) is 0 Å². The number of aromatic nitrogens is 2. The smallest absolute Gasteiger partial charge is 0.251 e. The molecular weight excluding hydrogens is 240 g/mol. The van der Waals surface area contributed by atoms with Gasteiger partial charge in [-0.2, -0.15) is 0 Å². The highest BCUT2D eigenvalue weighted by Crippen LogP contribution is 2.04. The molecule has 0 fully saturated rings. The Kier molecular flexibility index (Phi) is 4.30. The molecule has 0 aliphatic heterocycles. The van der Waals surface area contributed by atoms with Crippen LogP contribution in [0.1, 0.15) is 27.4 Å². The van der Waals surface area contributed by atoms with E-state index in [1.165, 1.54) is 0 Å². The summed E-state index contributed by atoms with van der Waals surface area (Å²) in [6.45, 7) is 3.44. The maximum absolute atomic E-state index is 11.4. The fourth-order valence-corrected chi connectivity index (χ4v) is 1.82. The van der Waals surface area contributed by atoms with Crippen molar-refractivity contribution < 1.29 is 4.79 Å². The Morgan fingerprint density at radius 1 is 1.26 bits per heavy atom. The van der Waals surface area contributed by atoms with Crippen molar-refractivity contribution in [1.82, 2.24) is 20.6 Å². The first-order valence-electron chi connectivity index (χ1n) is 6.21. The third kappa shape index (κ3) is 3.66. The first kappa shape index (κ1) is 13.3. The Balaban J connectivity index is 1.84. The number of benzene rings is 1. The van der Waals surface area contributed by atoms with Gasteiger partial charge in [0, 0.05) is 37.6 Å². The number of H-pyrrole nitrogens is 1. The van der Waals surface area contributed by atoms with E-state index in [1.54, 1.807) is 7.05 Å². The van der Waals surface area contributed by atoms with Crippen LogP contribution in [0.15, 0.2) is 30.5 Å². The third-order valence-corrected chi connectivity index (χ3v) is 2.84. The van der Waals surface area contributed by atoms with Crippen LogP contribution in [-0.2, 0) is 13.1 Å². The lowest BCUT2D eigenvalue weighted by atomic mass is 10.1. The molecule has 1 heterocycles. The van der Waals surface area contributed by atoms with E-state index < -0.39 is 0 Å². The number of aromatic amines is 1. The molecule has 0 saturated heterocycles. The molecule has 2 rings (SSSR count). The highest BCUT2D eigenvalue weighted by atomic mass is 16.1. The highest BCUT2D eigenvalue weighted by molar-refractivity contribution is 5.93. The van der Waals surface area contributed by atoms with Gasteiger partial charge >= 0.3 is 0 Å². The lowest BCUT2D eigenvalue weighted by Crippen LogP contribution is -2.18. The van der Waals surface area contributed by atoms with Crippen LogP contribution >= 0.6 is 0 Å². The van der Waals surface area contributed by atoms with E-state index in [9.17, 15) is 4.79 Å². The average molecular weight is 258 g/mol. The molecule has 19 heavy (non-hydrogen) atoms. The van der Waals surface area contributed by atoms with E-state index >= 15 is 0 Å². The van der Waals surface area contributed by atoms with Gasteiger partial charge in [0.1, 0.15) is 5.82 Å². The van der Waals surface area contributed by atoms with Crippen molar-refractivity contribution in [3.05, 3.63) is 53.1 Å². The predicted octanol–water partition coefficient (Wildman–Crippen LogP) is 1.37. The number of nitrogens with one attached hydrogen (secondary N) is 3. The number of hydrogen-bond donors (Lipinski definition) is 3. The number of carbonyl (C=O) groups is 1. The molecule has 0 bridgehead atoms. The van der Waals surface area contributed by atoms with Crippen LogP contribution in [0.3, 0.4) is 0 Å². The number of nitrogens with zero attached hydrogens (tertiary/aromatic N) is 1. The monoisotopic (exact) mass is 258 g/mol. The molecule has 0 saturated carbocycles. The first-order valence-corrected chi connectivity index (χ1v) is 6.21. The van der Waals surface area contributed by atoms with Crippen molar-refractivity contribution in [2.75, 3.05) is 7.05 Å². The summed E-state index contributed by atoms with van der Waals surface area (Å²) >= 11 is 0. The minimum Gasteiger partial charge on any atom is -0.355 e. The number of carbonyl (C=O) groups excluding carboxylic acids is 1. The molecule has 0 unspecified atom stereocenters. The Morgan fingerprint density at radius 3 is 2.58 bits per heavy atom. The van der Waals surface area contributed by atoms with E-state index in [1.807, 2.05) is 37.4 Å². The molecule has 1 aromatic carbocycles. The Labute approximate surface area is 112 Å². The lowest BCUT2D eigenvalue weighted by molar-refractivity contribution is 0.0963. The summed E-state index contributed by atoms with van der Waals surface area (Å²) in [4.78, 5) is 18.7. The van der Waals surface area contributed by atoms with Gasteiger partial charge in [-0.15, -0.1) is 0 Å². The second-order valence-electron chi connectivity index (χ2n) is 4.37. The second kappa shape index (κ2) is 6.15. The van der Waals surface area contributed by atoms with Crippen LogP contribution in [0, 0.1) is 6.92 Å². The topological polar surface area (TPSA) is 69.8 Å². The molecule has 0 aliphatic rings. The minimum absolute atomic E-state index is 0.0626. The second-order valence-corrected chi connectivity index (χ2v) is 4.37. The van der Waals surface area contributed by atoms with Crippen LogP contribution < -0.4 is 10.6 Å². The van der Waals surface area contributed by atoms with Gasteiger partial charge in [0.2, 0.25) is 0 Å². The van der Waals surface area contributed by atoms with Crippen LogP contribution in [-0.4, -0.2) is 22.9 Å². The quantitative estimate of drug-likeness (QED) is 0.758. The SMILES string of the molecule is CNC(=O)c1ccc(CNCc2cnc(C)[nH]2)cc1. The number of rotatable bonds is 5. The number of hydrogen-bond acceptors (Lipinski definition) is 3. The van der Waals surface area contributed by atoms with Gasteiger partial charge in [0.15, 0.2) is 0 Å². The van der Waals surface area contributed by atoms with Crippen molar-refractivity contribution >= 4 is 5.91 Å². The first-order chi connectivity index (χ1) is 9.19. The molecule has 0 atom stereocenters.